The van der Waals surface area contributed by atoms with Crippen LogP contribution in [0.1, 0.15) is 0 Å². The summed E-state index contributed by atoms with van der Waals surface area (Å²) < 4.78 is 15.6. The first-order chi connectivity index (χ1) is 10.1. The highest BCUT2D eigenvalue weighted by Gasteiger charge is 2.11. The maximum absolute atomic E-state index is 6.12. The number of hydrogen-bond donors (Lipinski definition) is 2. The molecule has 0 radical (unpaired) electrons. The van der Waals surface area contributed by atoms with Gasteiger partial charge in [-0.05, 0) is 18.2 Å². The van der Waals surface area contributed by atoms with Gasteiger partial charge < -0.3 is 25.3 Å². The maximum Gasteiger partial charge on any atom is 0.238 e. The third kappa shape index (κ3) is 3.22. The minimum Gasteiger partial charge on any atom is -0.495 e. The van der Waals surface area contributed by atoms with Crippen LogP contribution in [0.3, 0.4) is 0 Å². The molecule has 0 spiro atoms. The van der Waals surface area contributed by atoms with Gasteiger partial charge in [0.05, 0.1) is 37.7 Å². The molecule has 112 valence electrons. The number of halogens is 1. The first-order valence-electron chi connectivity index (χ1n) is 6.08. The van der Waals surface area contributed by atoms with E-state index in [1.165, 1.54) is 7.11 Å². The van der Waals surface area contributed by atoms with Gasteiger partial charge in [-0.15, -0.1) is 0 Å². The number of nitrogens with one attached hydrogen (secondary N) is 1. The quantitative estimate of drug-likeness (QED) is 0.883. The van der Waals surface area contributed by atoms with Crippen molar-refractivity contribution in [2.24, 2.45) is 0 Å². The molecule has 0 atom stereocenters. The van der Waals surface area contributed by atoms with Crippen LogP contribution in [0, 0.1) is 0 Å². The van der Waals surface area contributed by atoms with Gasteiger partial charge in [-0.25, -0.2) is 0 Å². The number of pyridine rings is 1. The van der Waals surface area contributed by atoms with Crippen LogP contribution in [0.15, 0.2) is 24.3 Å². The number of nitrogens with two attached hydrogens (primary N) is 1. The second-order valence-corrected chi connectivity index (χ2v) is 4.51. The Morgan fingerprint density at radius 3 is 2.38 bits per heavy atom. The van der Waals surface area contributed by atoms with Crippen LogP contribution < -0.4 is 25.3 Å². The predicted molar refractivity (Wildman–Crippen MR) is 83.0 cm³/mol. The fourth-order valence-electron chi connectivity index (χ4n) is 1.78. The van der Waals surface area contributed by atoms with Gasteiger partial charge in [0.1, 0.15) is 17.3 Å². The normalized spacial score (nSPS) is 10.1. The van der Waals surface area contributed by atoms with Crippen molar-refractivity contribution in [3.63, 3.8) is 0 Å². The number of benzene rings is 1. The molecule has 6 nitrogen and oxygen atoms in total. The molecule has 0 fully saturated rings. The molecule has 7 heteroatoms. The highest BCUT2D eigenvalue weighted by molar-refractivity contribution is 6.32. The van der Waals surface area contributed by atoms with Gasteiger partial charge in [0, 0.05) is 6.07 Å². The van der Waals surface area contributed by atoms with E-state index < -0.39 is 0 Å². The largest absolute Gasteiger partial charge is 0.495 e. The monoisotopic (exact) mass is 309 g/mol. The van der Waals surface area contributed by atoms with E-state index in [9.17, 15) is 0 Å². The van der Waals surface area contributed by atoms with E-state index in [0.717, 1.165) is 0 Å². The van der Waals surface area contributed by atoms with Crippen molar-refractivity contribution >= 4 is 28.8 Å². The Balaban J connectivity index is 2.37. The van der Waals surface area contributed by atoms with Gasteiger partial charge in [0.25, 0.3) is 0 Å². The molecule has 0 aliphatic heterocycles. The van der Waals surface area contributed by atoms with E-state index in [1.54, 1.807) is 38.5 Å². The molecule has 3 N–H and O–H groups in total. The zero-order chi connectivity index (χ0) is 15.4. The van der Waals surface area contributed by atoms with Crippen molar-refractivity contribution < 1.29 is 14.2 Å². The highest BCUT2D eigenvalue weighted by atomic mass is 35.5. The van der Waals surface area contributed by atoms with E-state index in [2.05, 4.69) is 10.3 Å². The lowest BCUT2D eigenvalue weighted by atomic mass is 10.2. The summed E-state index contributed by atoms with van der Waals surface area (Å²) in [6, 6.07) is 6.82. The Kier molecular flexibility index (Phi) is 4.59. The van der Waals surface area contributed by atoms with E-state index >= 15 is 0 Å². The fourth-order valence-corrected chi connectivity index (χ4v) is 2.02. The smallest absolute Gasteiger partial charge is 0.238 e. The van der Waals surface area contributed by atoms with Crippen molar-refractivity contribution in [1.29, 1.82) is 0 Å². The zero-order valence-electron chi connectivity index (χ0n) is 11.9. The van der Waals surface area contributed by atoms with Crippen LogP contribution in [0.5, 0.6) is 17.4 Å². The third-order valence-electron chi connectivity index (χ3n) is 2.82. The van der Waals surface area contributed by atoms with Crippen molar-refractivity contribution in [1.82, 2.24) is 4.98 Å². The van der Waals surface area contributed by atoms with Gasteiger partial charge in [-0.2, -0.15) is 4.98 Å². The zero-order valence-corrected chi connectivity index (χ0v) is 12.7. The molecule has 0 saturated carbocycles. The van der Waals surface area contributed by atoms with Gasteiger partial charge in [0.15, 0.2) is 0 Å². The van der Waals surface area contributed by atoms with Gasteiger partial charge in [0.2, 0.25) is 5.88 Å². The Bertz CT molecular complexity index is 650. The number of methoxy groups -OCH3 is 3. The summed E-state index contributed by atoms with van der Waals surface area (Å²) in [6.45, 7) is 0. The third-order valence-corrected chi connectivity index (χ3v) is 3.12. The lowest BCUT2D eigenvalue weighted by Gasteiger charge is -2.14. The average Bonchev–Trinajstić information content (AvgIpc) is 2.49. The SMILES string of the molecule is COc1cc(OC)c(Nc2ccc(N)c(OC)n2)cc1Cl. The lowest BCUT2D eigenvalue weighted by molar-refractivity contribution is 0.395. The highest BCUT2D eigenvalue weighted by Crippen LogP contribution is 2.37. The molecule has 0 aliphatic carbocycles. The van der Waals surface area contributed by atoms with Crippen LogP contribution in [0.4, 0.5) is 17.2 Å². The molecule has 2 rings (SSSR count). The summed E-state index contributed by atoms with van der Waals surface area (Å²) in [5.41, 5.74) is 6.85. The molecule has 1 aromatic carbocycles. The van der Waals surface area contributed by atoms with Crippen LogP contribution >= 0.6 is 11.6 Å². The second-order valence-electron chi connectivity index (χ2n) is 4.11. The summed E-state index contributed by atoms with van der Waals surface area (Å²) in [6.07, 6.45) is 0. The van der Waals surface area contributed by atoms with E-state index in [0.29, 0.717) is 39.6 Å². The number of ether oxygens (including phenoxy) is 3. The van der Waals surface area contributed by atoms with Crippen molar-refractivity contribution in [3.05, 3.63) is 29.3 Å². The molecule has 0 aliphatic rings. The van der Waals surface area contributed by atoms with E-state index in [1.807, 2.05) is 0 Å². The summed E-state index contributed by atoms with van der Waals surface area (Å²) in [4.78, 5) is 4.25. The molecular weight excluding hydrogens is 294 g/mol. The summed E-state index contributed by atoms with van der Waals surface area (Å²) in [5.74, 6) is 2.01. The first-order valence-corrected chi connectivity index (χ1v) is 6.46. The van der Waals surface area contributed by atoms with Crippen LogP contribution in [-0.2, 0) is 0 Å². The molecule has 0 amide bonds. The molecule has 21 heavy (non-hydrogen) atoms. The topological polar surface area (TPSA) is 78.6 Å². The Morgan fingerprint density at radius 2 is 1.76 bits per heavy atom. The minimum atomic E-state index is 0.346. The lowest BCUT2D eigenvalue weighted by Crippen LogP contribution is -2.01. The number of rotatable bonds is 5. The molecule has 0 unspecified atom stereocenters. The van der Waals surface area contributed by atoms with Crippen LogP contribution in [-0.4, -0.2) is 26.3 Å². The standard InChI is InChI=1S/C14H16ClN3O3/c1-19-11-7-12(20-2)10(6-8(11)15)17-13-5-4-9(16)14(18-13)21-3/h4-7H,16H2,1-3H3,(H,17,18). The van der Waals surface area contributed by atoms with E-state index in [-0.39, 0.29) is 0 Å². The number of aromatic nitrogens is 1. The van der Waals surface area contributed by atoms with Crippen molar-refractivity contribution in [2.45, 2.75) is 0 Å². The molecule has 0 bridgehead atoms. The molecule has 2 aromatic rings. The second kappa shape index (κ2) is 6.41. The molecule has 0 saturated heterocycles. The number of hydrogen-bond acceptors (Lipinski definition) is 6. The van der Waals surface area contributed by atoms with E-state index in [4.69, 9.17) is 31.5 Å². The van der Waals surface area contributed by atoms with Gasteiger partial charge >= 0.3 is 0 Å². The average molecular weight is 310 g/mol. The Hall–Kier alpha value is -2.34. The molecule has 1 aromatic heterocycles. The van der Waals surface area contributed by atoms with Crippen LogP contribution in [0.25, 0.3) is 0 Å². The minimum absolute atomic E-state index is 0.346. The van der Waals surface area contributed by atoms with Crippen molar-refractivity contribution in [3.8, 4) is 17.4 Å². The summed E-state index contributed by atoms with van der Waals surface area (Å²) >= 11 is 6.12. The summed E-state index contributed by atoms with van der Waals surface area (Å²) in [5, 5.41) is 3.57. The predicted octanol–water partition coefficient (Wildman–Crippen LogP) is 3.09. The fraction of sp³-hybridized carbons (Fsp3) is 0.214. The maximum atomic E-state index is 6.12. The Labute approximate surface area is 127 Å². The van der Waals surface area contributed by atoms with Crippen molar-refractivity contribution in [2.75, 3.05) is 32.4 Å². The van der Waals surface area contributed by atoms with Gasteiger partial charge in [-0.3, -0.25) is 0 Å². The number of nitrogens with zero attached hydrogens (tertiary/aromatic N) is 1. The van der Waals surface area contributed by atoms with Crippen LogP contribution in [0.2, 0.25) is 5.02 Å². The number of anilines is 3. The molecular formula is C14H16ClN3O3. The first kappa shape index (κ1) is 15.1. The Morgan fingerprint density at radius 1 is 1.05 bits per heavy atom. The van der Waals surface area contributed by atoms with Gasteiger partial charge in [-0.1, -0.05) is 11.6 Å². The number of nitrogen functional groups attached to an aromatic ring is 1. The summed E-state index contributed by atoms with van der Waals surface area (Å²) in [7, 11) is 4.61. The molecule has 1 heterocycles.